The summed E-state index contributed by atoms with van der Waals surface area (Å²) < 4.78 is 15.1. The van der Waals surface area contributed by atoms with Gasteiger partial charge in [-0.1, -0.05) is 34.1 Å². The molecule has 0 saturated heterocycles. The average Bonchev–Trinajstić information content (AvgIpc) is 2.35. The molecule has 1 atom stereocenters. The van der Waals surface area contributed by atoms with Gasteiger partial charge in [0.05, 0.1) is 6.04 Å². The summed E-state index contributed by atoms with van der Waals surface area (Å²) in [5, 5.41) is 3.27. The summed E-state index contributed by atoms with van der Waals surface area (Å²) in [5.74, 6) is -0.200. The van der Waals surface area contributed by atoms with Crippen LogP contribution < -0.4 is 5.32 Å². The first-order valence-electron chi connectivity index (χ1n) is 5.49. The van der Waals surface area contributed by atoms with Gasteiger partial charge in [0.2, 0.25) is 0 Å². The van der Waals surface area contributed by atoms with Gasteiger partial charge in [-0.2, -0.15) is 0 Å². The summed E-state index contributed by atoms with van der Waals surface area (Å²) >= 11 is 5.59. The van der Waals surface area contributed by atoms with Crippen LogP contribution in [0.5, 0.6) is 0 Å². The van der Waals surface area contributed by atoms with E-state index in [0.29, 0.717) is 0 Å². The molecule has 1 N–H and O–H groups in total. The molecule has 0 amide bonds. The molecule has 0 aliphatic rings. The van der Waals surface area contributed by atoms with Crippen molar-refractivity contribution in [1.82, 2.24) is 5.32 Å². The standard InChI is InChI=1S/C14H12BrFIN/c1-18-14(9-2-4-10(15)5-3-9)12-7-6-11(16)8-13(12)17/h2-8,14,18H,1H3. The molecule has 1 nitrogen and oxygen atoms in total. The molecule has 0 saturated carbocycles. The lowest BCUT2D eigenvalue weighted by Crippen LogP contribution is -2.18. The highest BCUT2D eigenvalue weighted by molar-refractivity contribution is 14.1. The number of hydrogen-bond donors (Lipinski definition) is 1. The average molecular weight is 420 g/mol. The van der Waals surface area contributed by atoms with E-state index in [9.17, 15) is 4.39 Å². The Labute approximate surface area is 128 Å². The Balaban J connectivity index is 2.41. The first-order chi connectivity index (χ1) is 8.61. The molecule has 0 bridgehead atoms. The fourth-order valence-corrected chi connectivity index (χ4v) is 2.95. The number of nitrogens with one attached hydrogen (secondary N) is 1. The molecule has 18 heavy (non-hydrogen) atoms. The lowest BCUT2D eigenvalue weighted by molar-refractivity contribution is 0.621. The van der Waals surface area contributed by atoms with Crippen molar-refractivity contribution in [2.75, 3.05) is 7.05 Å². The Bertz CT molecular complexity index is 542. The van der Waals surface area contributed by atoms with E-state index in [1.807, 2.05) is 25.2 Å². The van der Waals surface area contributed by atoms with Gasteiger partial charge in [0, 0.05) is 8.04 Å². The van der Waals surface area contributed by atoms with E-state index in [1.165, 1.54) is 6.07 Å². The number of rotatable bonds is 3. The zero-order valence-electron chi connectivity index (χ0n) is 9.75. The van der Waals surface area contributed by atoms with Gasteiger partial charge in [-0.05, 0) is 65.0 Å². The molecule has 0 fully saturated rings. The molecular formula is C14H12BrFIN. The van der Waals surface area contributed by atoms with Crippen LogP contribution in [0, 0.1) is 9.39 Å². The molecule has 2 rings (SSSR count). The topological polar surface area (TPSA) is 12.0 Å². The van der Waals surface area contributed by atoms with Crippen LogP contribution in [0.1, 0.15) is 17.2 Å². The third kappa shape index (κ3) is 3.10. The maximum atomic E-state index is 13.1. The van der Waals surface area contributed by atoms with Crippen LogP contribution in [0.4, 0.5) is 4.39 Å². The van der Waals surface area contributed by atoms with E-state index >= 15 is 0 Å². The van der Waals surface area contributed by atoms with Crippen LogP contribution in [-0.2, 0) is 0 Å². The first-order valence-corrected chi connectivity index (χ1v) is 7.36. The van der Waals surface area contributed by atoms with E-state index in [-0.39, 0.29) is 11.9 Å². The number of hydrogen-bond acceptors (Lipinski definition) is 1. The Kier molecular flexibility index (Phi) is 4.75. The van der Waals surface area contributed by atoms with Crippen molar-refractivity contribution in [3.63, 3.8) is 0 Å². The molecule has 2 aromatic carbocycles. The molecule has 2 aromatic rings. The third-order valence-corrected chi connectivity index (χ3v) is 4.23. The van der Waals surface area contributed by atoms with Gasteiger partial charge in [0.1, 0.15) is 5.82 Å². The molecule has 0 aromatic heterocycles. The largest absolute Gasteiger partial charge is 0.309 e. The predicted octanol–water partition coefficient (Wildman–Crippen LogP) is 4.50. The second-order valence-electron chi connectivity index (χ2n) is 3.94. The van der Waals surface area contributed by atoms with Crippen molar-refractivity contribution in [3.8, 4) is 0 Å². The minimum absolute atomic E-state index is 0.0746. The van der Waals surface area contributed by atoms with Gasteiger partial charge >= 0.3 is 0 Å². The predicted molar refractivity (Wildman–Crippen MR) is 84.2 cm³/mol. The first kappa shape index (κ1) is 14.0. The number of benzene rings is 2. The monoisotopic (exact) mass is 419 g/mol. The molecule has 1 unspecified atom stereocenters. The number of halogens is 3. The highest BCUT2D eigenvalue weighted by Crippen LogP contribution is 2.27. The van der Waals surface area contributed by atoms with Crippen LogP contribution in [0.3, 0.4) is 0 Å². The summed E-state index contributed by atoms with van der Waals surface area (Å²) in [5.41, 5.74) is 2.24. The lowest BCUT2D eigenvalue weighted by Gasteiger charge is -2.19. The summed E-state index contributed by atoms with van der Waals surface area (Å²) in [6.07, 6.45) is 0. The van der Waals surface area contributed by atoms with E-state index < -0.39 is 0 Å². The van der Waals surface area contributed by atoms with Gasteiger partial charge in [-0.3, -0.25) is 0 Å². The van der Waals surface area contributed by atoms with Gasteiger partial charge in [-0.15, -0.1) is 0 Å². The highest BCUT2D eigenvalue weighted by Gasteiger charge is 2.15. The Morgan fingerprint density at radius 3 is 2.39 bits per heavy atom. The van der Waals surface area contributed by atoms with Crippen molar-refractivity contribution < 1.29 is 4.39 Å². The van der Waals surface area contributed by atoms with Gasteiger partial charge in [-0.25, -0.2) is 4.39 Å². The molecular weight excluding hydrogens is 408 g/mol. The maximum Gasteiger partial charge on any atom is 0.124 e. The molecule has 0 aliphatic heterocycles. The van der Waals surface area contributed by atoms with Crippen molar-refractivity contribution in [3.05, 3.63) is 67.5 Å². The smallest absolute Gasteiger partial charge is 0.124 e. The van der Waals surface area contributed by atoms with Gasteiger partial charge < -0.3 is 5.32 Å². The van der Waals surface area contributed by atoms with Crippen LogP contribution >= 0.6 is 38.5 Å². The van der Waals surface area contributed by atoms with Gasteiger partial charge in [0.25, 0.3) is 0 Å². The van der Waals surface area contributed by atoms with E-state index in [0.717, 1.165) is 19.2 Å². The fraction of sp³-hybridized carbons (Fsp3) is 0.143. The Hall–Kier alpha value is -0.460. The molecule has 0 aliphatic carbocycles. The second kappa shape index (κ2) is 6.12. The minimum atomic E-state index is -0.200. The van der Waals surface area contributed by atoms with Crippen molar-refractivity contribution >= 4 is 38.5 Å². The van der Waals surface area contributed by atoms with Crippen molar-refractivity contribution in [2.45, 2.75) is 6.04 Å². The highest BCUT2D eigenvalue weighted by atomic mass is 127. The fourth-order valence-electron chi connectivity index (χ4n) is 1.89. The quantitative estimate of drug-likeness (QED) is 0.722. The Morgan fingerprint density at radius 1 is 1.17 bits per heavy atom. The Morgan fingerprint density at radius 2 is 1.83 bits per heavy atom. The van der Waals surface area contributed by atoms with Crippen LogP contribution in [0.15, 0.2) is 46.9 Å². The molecule has 0 radical (unpaired) electrons. The van der Waals surface area contributed by atoms with E-state index in [4.69, 9.17) is 0 Å². The summed E-state index contributed by atoms with van der Waals surface area (Å²) in [6.45, 7) is 0. The van der Waals surface area contributed by atoms with Crippen molar-refractivity contribution in [2.24, 2.45) is 0 Å². The maximum absolute atomic E-state index is 13.1. The van der Waals surface area contributed by atoms with Crippen LogP contribution in [0.2, 0.25) is 0 Å². The van der Waals surface area contributed by atoms with Crippen molar-refractivity contribution in [1.29, 1.82) is 0 Å². The van der Waals surface area contributed by atoms with Gasteiger partial charge in [0.15, 0.2) is 0 Å². The van der Waals surface area contributed by atoms with E-state index in [2.05, 4.69) is 56.0 Å². The summed E-state index contributed by atoms with van der Waals surface area (Å²) in [6, 6.07) is 13.1. The molecule has 0 heterocycles. The molecule has 94 valence electrons. The normalized spacial score (nSPS) is 12.4. The summed E-state index contributed by atoms with van der Waals surface area (Å²) in [7, 11) is 1.91. The molecule has 0 spiro atoms. The minimum Gasteiger partial charge on any atom is -0.309 e. The SMILES string of the molecule is CNC(c1ccc(Br)cc1)c1ccc(F)cc1I. The second-order valence-corrected chi connectivity index (χ2v) is 6.02. The zero-order valence-corrected chi connectivity index (χ0v) is 13.5. The van der Waals surface area contributed by atoms with Crippen LogP contribution in [0.25, 0.3) is 0 Å². The zero-order chi connectivity index (χ0) is 13.1. The molecule has 4 heteroatoms. The third-order valence-electron chi connectivity index (χ3n) is 2.77. The van der Waals surface area contributed by atoms with Crippen LogP contribution in [-0.4, -0.2) is 7.05 Å². The lowest BCUT2D eigenvalue weighted by atomic mass is 9.99. The van der Waals surface area contributed by atoms with E-state index in [1.54, 1.807) is 6.07 Å². The summed E-state index contributed by atoms with van der Waals surface area (Å²) in [4.78, 5) is 0.